The summed E-state index contributed by atoms with van der Waals surface area (Å²) >= 11 is 6.30. The number of sulfonamides is 1. The first kappa shape index (κ1) is 32.8. The van der Waals surface area contributed by atoms with Gasteiger partial charge in [-0.2, -0.15) is 0 Å². The number of carbonyl (C=O) groups is 2. The van der Waals surface area contributed by atoms with Crippen molar-refractivity contribution >= 4 is 39.1 Å². The van der Waals surface area contributed by atoms with Crippen LogP contribution in [0.5, 0.6) is 0 Å². The van der Waals surface area contributed by atoms with Gasteiger partial charge in [0.2, 0.25) is 11.8 Å². The van der Waals surface area contributed by atoms with Gasteiger partial charge in [-0.3, -0.25) is 13.9 Å². The molecule has 44 heavy (non-hydrogen) atoms. The average molecular weight is 632 g/mol. The number of nitrogens with one attached hydrogen (secondary N) is 1. The molecule has 0 radical (unpaired) electrons. The number of nitrogens with zero attached hydrogens (tertiary/aromatic N) is 2. The van der Waals surface area contributed by atoms with Crippen molar-refractivity contribution in [3.8, 4) is 0 Å². The lowest BCUT2D eigenvalue weighted by atomic mass is 10.0. The van der Waals surface area contributed by atoms with Crippen molar-refractivity contribution in [3.05, 3.63) is 131 Å². The van der Waals surface area contributed by atoms with Crippen molar-refractivity contribution in [2.45, 2.75) is 50.6 Å². The second kappa shape index (κ2) is 15.5. The molecule has 4 aromatic carbocycles. The van der Waals surface area contributed by atoms with Crippen LogP contribution in [0.2, 0.25) is 5.02 Å². The molecule has 230 valence electrons. The zero-order chi connectivity index (χ0) is 31.5. The number of carbonyl (C=O) groups excluding carboxylic acids is 2. The Labute approximate surface area is 265 Å². The lowest BCUT2D eigenvalue weighted by Gasteiger charge is -2.34. The highest BCUT2D eigenvalue weighted by atomic mass is 35.5. The minimum atomic E-state index is -4.14. The molecule has 1 N–H and O–H groups in total. The highest BCUT2D eigenvalue weighted by molar-refractivity contribution is 7.92. The number of amides is 2. The highest BCUT2D eigenvalue weighted by Crippen LogP contribution is 2.25. The summed E-state index contributed by atoms with van der Waals surface area (Å²) in [6, 6.07) is 30.7. The zero-order valence-corrected chi connectivity index (χ0v) is 26.6. The van der Waals surface area contributed by atoms with Crippen LogP contribution in [0.25, 0.3) is 0 Å². The van der Waals surface area contributed by atoms with E-state index in [2.05, 4.69) is 5.32 Å². The van der Waals surface area contributed by atoms with Gasteiger partial charge in [-0.25, -0.2) is 8.42 Å². The third-order valence-corrected chi connectivity index (χ3v) is 9.30. The lowest BCUT2D eigenvalue weighted by molar-refractivity contribution is -0.140. The molecule has 4 rings (SSSR count). The molecule has 7 nitrogen and oxygen atoms in total. The normalized spacial score (nSPS) is 11.9. The summed E-state index contributed by atoms with van der Waals surface area (Å²) < 4.78 is 29.2. The fourth-order valence-electron chi connectivity index (χ4n) is 4.85. The van der Waals surface area contributed by atoms with Crippen LogP contribution in [-0.2, 0) is 32.6 Å². The second-order valence-corrected chi connectivity index (χ2v) is 13.0. The van der Waals surface area contributed by atoms with E-state index < -0.39 is 28.5 Å². The number of unbranched alkanes of at least 4 members (excludes halogenated alkanes) is 1. The molecule has 9 heteroatoms. The Bertz CT molecular complexity index is 1630. The van der Waals surface area contributed by atoms with E-state index in [0.29, 0.717) is 17.3 Å². The summed E-state index contributed by atoms with van der Waals surface area (Å²) in [5, 5.41) is 3.49. The Morgan fingerprint density at radius 2 is 1.48 bits per heavy atom. The summed E-state index contributed by atoms with van der Waals surface area (Å²) in [5.41, 5.74) is 2.85. The van der Waals surface area contributed by atoms with E-state index in [4.69, 9.17) is 11.6 Å². The van der Waals surface area contributed by atoms with Crippen LogP contribution >= 0.6 is 11.6 Å². The van der Waals surface area contributed by atoms with Gasteiger partial charge < -0.3 is 10.2 Å². The first-order valence-electron chi connectivity index (χ1n) is 14.7. The number of para-hydroxylation sites is 1. The molecule has 0 aromatic heterocycles. The minimum absolute atomic E-state index is 0.0608. The van der Waals surface area contributed by atoms with Crippen molar-refractivity contribution in [1.29, 1.82) is 0 Å². The van der Waals surface area contributed by atoms with Gasteiger partial charge in [-0.1, -0.05) is 103 Å². The fraction of sp³-hybridized carbons (Fsp3) is 0.257. The van der Waals surface area contributed by atoms with Crippen LogP contribution in [0.4, 0.5) is 5.69 Å². The number of hydrogen-bond donors (Lipinski definition) is 1. The molecular weight excluding hydrogens is 594 g/mol. The van der Waals surface area contributed by atoms with Crippen LogP contribution in [0.1, 0.15) is 36.5 Å². The van der Waals surface area contributed by atoms with Gasteiger partial charge in [-0.15, -0.1) is 0 Å². The van der Waals surface area contributed by atoms with E-state index in [1.165, 1.54) is 17.0 Å². The molecule has 0 saturated heterocycles. The van der Waals surface area contributed by atoms with Gasteiger partial charge in [0.1, 0.15) is 12.6 Å². The molecule has 1 atom stereocenters. The van der Waals surface area contributed by atoms with Crippen LogP contribution < -0.4 is 9.62 Å². The minimum Gasteiger partial charge on any atom is -0.354 e. The predicted octanol–water partition coefficient (Wildman–Crippen LogP) is 6.40. The third kappa shape index (κ3) is 8.71. The van der Waals surface area contributed by atoms with E-state index in [-0.39, 0.29) is 23.8 Å². The molecule has 1 unspecified atom stereocenters. The Hall–Kier alpha value is -4.14. The van der Waals surface area contributed by atoms with Gasteiger partial charge in [0.05, 0.1) is 10.6 Å². The SMILES string of the molecule is CCCCNC(=O)C(Cc1ccccc1)N(Cc1cccc(Cl)c1)C(=O)CN(c1ccccc1)S(=O)(=O)c1ccc(C)cc1. The van der Waals surface area contributed by atoms with Crippen LogP contribution in [0, 0.1) is 6.92 Å². The molecule has 0 aliphatic heterocycles. The maximum atomic E-state index is 14.4. The summed E-state index contributed by atoms with van der Waals surface area (Å²) in [5.74, 6) is -0.818. The second-order valence-electron chi connectivity index (χ2n) is 10.7. The molecule has 0 bridgehead atoms. The number of anilines is 1. The third-order valence-electron chi connectivity index (χ3n) is 7.27. The van der Waals surface area contributed by atoms with Crippen molar-refractivity contribution in [3.63, 3.8) is 0 Å². The molecule has 0 heterocycles. The Morgan fingerprint density at radius 3 is 2.11 bits per heavy atom. The van der Waals surface area contributed by atoms with Gasteiger partial charge >= 0.3 is 0 Å². The summed E-state index contributed by atoms with van der Waals surface area (Å²) in [6.45, 7) is 3.94. The Morgan fingerprint density at radius 1 is 0.841 bits per heavy atom. The Balaban J connectivity index is 1.77. The van der Waals surface area contributed by atoms with Crippen molar-refractivity contribution < 1.29 is 18.0 Å². The molecule has 0 aliphatic carbocycles. The van der Waals surface area contributed by atoms with Crippen molar-refractivity contribution in [1.82, 2.24) is 10.2 Å². The number of rotatable bonds is 14. The van der Waals surface area contributed by atoms with E-state index in [1.54, 1.807) is 60.7 Å². The standard InChI is InChI=1S/C35H38ClN3O4S/c1-3-4-22-37-35(41)33(24-28-12-7-5-8-13-28)38(25-29-14-11-15-30(36)23-29)34(40)26-39(31-16-9-6-10-17-31)44(42,43)32-20-18-27(2)19-21-32/h5-21,23,33H,3-4,22,24-26H2,1-2H3,(H,37,41). The van der Waals surface area contributed by atoms with Gasteiger partial charge in [0.15, 0.2) is 0 Å². The molecule has 0 aliphatic rings. The van der Waals surface area contributed by atoms with Gasteiger partial charge in [0, 0.05) is 24.5 Å². The number of aryl methyl sites for hydroxylation is 1. The van der Waals surface area contributed by atoms with Crippen LogP contribution in [0.15, 0.2) is 114 Å². The quantitative estimate of drug-likeness (QED) is 0.163. The smallest absolute Gasteiger partial charge is 0.264 e. The highest BCUT2D eigenvalue weighted by Gasteiger charge is 2.34. The van der Waals surface area contributed by atoms with E-state index in [0.717, 1.165) is 33.8 Å². The van der Waals surface area contributed by atoms with Gasteiger partial charge in [-0.05, 0) is 60.9 Å². The van der Waals surface area contributed by atoms with E-state index in [9.17, 15) is 18.0 Å². The number of hydrogen-bond acceptors (Lipinski definition) is 4. The maximum absolute atomic E-state index is 14.4. The molecule has 4 aromatic rings. The maximum Gasteiger partial charge on any atom is 0.264 e. The largest absolute Gasteiger partial charge is 0.354 e. The molecular formula is C35H38ClN3O4S. The first-order valence-corrected chi connectivity index (χ1v) is 16.5. The van der Waals surface area contributed by atoms with Crippen LogP contribution in [0.3, 0.4) is 0 Å². The van der Waals surface area contributed by atoms with E-state index in [1.807, 2.05) is 50.2 Å². The fourth-order valence-corrected chi connectivity index (χ4v) is 6.48. The van der Waals surface area contributed by atoms with Crippen molar-refractivity contribution in [2.24, 2.45) is 0 Å². The van der Waals surface area contributed by atoms with Gasteiger partial charge in [0.25, 0.3) is 10.0 Å². The average Bonchev–Trinajstić information content (AvgIpc) is 3.02. The lowest BCUT2D eigenvalue weighted by Crippen LogP contribution is -2.53. The zero-order valence-electron chi connectivity index (χ0n) is 25.0. The number of benzene rings is 4. The summed E-state index contributed by atoms with van der Waals surface area (Å²) in [4.78, 5) is 29.7. The summed E-state index contributed by atoms with van der Waals surface area (Å²) in [6.07, 6.45) is 1.95. The number of halogens is 1. The summed E-state index contributed by atoms with van der Waals surface area (Å²) in [7, 11) is -4.14. The van der Waals surface area contributed by atoms with Crippen molar-refractivity contribution in [2.75, 3.05) is 17.4 Å². The predicted molar refractivity (Wildman–Crippen MR) is 176 cm³/mol. The molecule has 0 fully saturated rings. The van der Waals surface area contributed by atoms with E-state index >= 15 is 0 Å². The topological polar surface area (TPSA) is 86.8 Å². The molecule has 0 saturated carbocycles. The Kier molecular flexibility index (Phi) is 11.6. The molecule has 2 amide bonds. The van der Waals surface area contributed by atoms with Crippen LogP contribution in [-0.4, -0.2) is 44.3 Å². The molecule has 0 spiro atoms. The first-order chi connectivity index (χ1) is 21.2. The monoisotopic (exact) mass is 631 g/mol.